The lowest BCUT2D eigenvalue weighted by Gasteiger charge is -2.32. The highest BCUT2D eigenvalue weighted by Gasteiger charge is 2.35. The van der Waals surface area contributed by atoms with Crippen molar-refractivity contribution in [2.45, 2.75) is 24.9 Å². The molecule has 0 spiro atoms. The Morgan fingerprint density at radius 2 is 2.17 bits per heavy atom. The van der Waals surface area contributed by atoms with Crippen LogP contribution in [0.25, 0.3) is 0 Å². The summed E-state index contributed by atoms with van der Waals surface area (Å²) in [7, 11) is 0. The van der Waals surface area contributed by atoms with Crippen LogP contribution >= 0.6 is 11.6 Å². The van der Waals surface area contributed by atoms with Crippen molar-refractivity contribution in [1.29, 1.82) is 0 Å². The summed E-state index contributed by atoms with van der Waals surface area (Å²) in [5, 5.41) is 6.20. The van der Waals surface area contributed by atoms with Gasteiger partial charge in [-0.25, -0.2) is 0 Å². The van der Waals surface area contributed by atoms with Gasteiger partial charge in [0.25, 0.3) is 5.91 Å². The summed E-state index contributed by atoms with van der Waals surface area (Å²) in [5.74, 6) is -0.404. The number of carbonyl (C=O) groups is 1. The van der Waals surface area contributed by atoms with Crippen molar-refractivity contribution in [3.05, 3.63) is 40.4 Å². The number of hydrogen-bond donors (Lipinski definition) is 2. The lowest BCUT2D eigenvalue weighted by atomic mass is 9.94. The fourth-order valence-electron chi connectivity index (χ4n) is 2.77. The Labute approximate surface area is 134 Å². The summed E-state index contributed by atoms with van der Waals surface area (Å²) >= 11 is 5.79. The van der Waals surface area contributed by atoms with Crippen LogP contribution in [0.15, 0.2) is 18.3 Å². The summed E-state index contributed by atoms with van der Waals surface area (Å²) in [4.78, 5) is 16.8. The molecule has 1 amide bonds. The van der Waals surface area contributed by atoms with E-state index in [1.54, 1.807) is 4.90 Å². The number of alkyl halides is 3. The molecular formula is C14H14ClF3N4O. The van der Waals surface area contributed by atoms with Gasteiger partial charge in [-0.2, -0.15) is 18.3 Å². The van der Waals surface area contributed by atoms with Crippen LogP contribution < -0.4 is 0 Å². The molecular weight excluding hydrogens is 333 g/mol. The molecule has 1 saturated heterocycles. The SMILES string of the molecule is O=C(c1cc(Cl)c[nH]1)N1CCC[C@@H](c2cc(C(F)(F)F)n[nH]2)C1. The standard InChI is InChI=1S/C14H14ClF3N4O/c15-9-4-11(19-6-9)13(23)22-3-1-2-8(7-22)10-5-12(21-20-10)14(16,17)18/h4-6,8,19H,1-3,7H2,(H,20,21)/t8-/m1/s1. The van der Waals surface area contributed by atoms with Gasteiger partial charge in [-0.3, -0.25) is 9.89 Å². The van der Waals surface area contributed by atoms with E-state index in [4.69, 9.17) is 11.6 Å². The van der Waals surface area contributed by atoms with E-state index >= 15 is 0 Å². The molecule has 0 saturated carbocycles. The maximum absolute atomic E-state index is 12.6. The van der Waals surface area contributed by atoms with Gasteiger partial charge < -0.3 is 9.88 Å². The van der Waals surface area contributed by atoms with Crippen LogP contribution in [0, 0.1) is 0 Å². The zero-order valence-electron chi connectivity index (χ0n) is 12.0. The Bertz CT molecular complexity index is 709. The van der Waals surface area contributed by atoms with Crippen LogP contribution in [0.5, 0.6) is 0 Å². The van der Waals surface area contributed by atoms with E-state index in [2.05, 4.69) is 15.2 Å². The molecule has 23 heavy (non-hydrogen) atoms. The molecule has 1 atom stereocenters. The van der Waals surface area contributed by atoms with E-state index in [1.165, 1.54) is 12.3 Å². The number of rotatable bonds is 2. The highest BCUT2D eigenvalue weighted by Crippen LogP contribution is 2.32. The molecule has 1 aliphatic heterocycles. The van der Waals surface area contributed by atoms with E-state index < -0.39 is 11.9 Å². The molecule has 5 nitrogen and oxygen atoms in total. The smallest absolute Gasteiger partial charge is 0.356 e. The first-order chi connectivity index (χ1) is 10.8. The first-order valence-electron chi connectivity index (χ1n) is 7.10. The van der Waals surface area contributed by atoms with E-state index in [1.807, 2.05) is 0 Å². The summed E-state index contributed by atoms with van der Waals surface area (Å²) < 4.78 is 37.9. The second-order valence-corrected chi connectivity index (χ2v) is 5.96. The highest BCUT2D eigenvalue weighted by molar-refractivity contribution is 6.30. The van der Waals surface area contributed by atoms with Gasteiger partial charge in [-0.1, -0.05) is 11.6 Å². The first-order valence-corrected chi connectivity index (χ1v) is 7.48. The first kappa shape index (κ1) is 15.9. The van der Waals surface area contributed by atoms with Crippen LogP contribution in [0.4, 0.5) is 13.2 Å². The third-order valence-corrected chi connectivity index (χ3v) is 4.13. The number of nitrogens with zero attached hydrogens (tertiary/aromatic N) is 2. The van der Waals surface area contributed by atoms with E-state index in [-0.39, 0.29) is 11.8 Å². The van der Waals surface area contributed by atoms with Crippen molar-refractivity contribution in [3.8, 4) is 0 Å². The number of aromatic nitrogens is 3. The van der Waals surface area contributed by atoms with Gasteiger partial charge in [0.05, 0.1) is 5.02 Å². The fourth-order valence-corrected chi connectivity index (χ4v) is 2.93. The van der Waals surface area contributed by atoms with Crippen molar-refractivity contribution >= 4 is 17.5 Å². The molecule has 0 unspecified atom stereocenters. The van der Waals surface area contributed by atoms with Gasteiger partial charge >= 0.3 is 6.18 Å². The molecule has 2 aromatic heterocycles. The minimum atomic E-state index is -4.47. The lowest BCUT2D eigenvalue weighted by Crippen LogP contribution is -2.39. The Morgan fingerprint density at radius 1 is 1.39 bits per heavy atom. The number of hydrogen-bond acceptors (Lipinski definition) is 2. The third-order valence-electron chi connectivity index (χ3n) is 3.91. The minimum absolute atomic E-state index is 0.193. The Hall–Kier alpha value is -1.96. The van der Waals surface area contributed by atoms with Gasteiger partial charge in [0, 0.05) is 30.9 Å². The average Bonchev–Trinajstić information content (AvgIpc) is 3.15. The number of likely N-dealkylation sites (tertiary alicyclic amines) is 1. The Morgan fingerprint density at radius 3 is 2.78 bits per heavy atom. The van der Waals surface area contributed by atoms with Crippen molar-refractivity contribution in [2.24, 2.45) is 0 Å². The van der Waals surface area contributed by atoms with Crippen molar-refractivity contribution in [2.75, 3.05) is 13.1 Å². The molecule has 124 valence electrons. The van der Waals surface area contributed by atoms with Gasteiger partial charge in [0.15, 0.2) is 5.69 Å². The van der Waals surface area contributed by atoms with Crippen LogP contribution in [0.3, 0.4) is 0 Å². The number of carbonyl (C=O) groups excluding carboxylic acids is 1. The highest BCUT2D eigenvalue weighted by atomic mass is 35.5. The maximum Gasteiger partial charge on any atom is 0.435 e. The number of halogens is 4. The molecule has 3 heterocycles. The van der Waals surface area contributed by atoms with E-state index in [0.717, 1.165) is 6.07 Å². The van der Waals surface area contributed by atoms with Crippen molar-refractivity contribution in [1.82, 2.24) is 20.1 Å². The second-order valence-electron chi connectivity index (χ2n) is 5.53. The Kier molecular flexibility index (Phi) is 4.09. The van der Waals surface area contributed by atoms with E-state index in [0.29, 0.717) is 42.3 Å². The largest absolute Gasteiger partial charge is 0.435 e. The number of piperidine rings is 1. The number of nitrogens with one attached hydrogen (secondary N) is 2. The molecule has 9 heteroatoms. The molecule has 1 fully saturated rings. The molecule has 0 radical (unpaired) electrons. The van der Waals surface area contributed by atoms with Gasteiger partial charge in [0.1, 0.15) is 5.69 Å². The van der Waals surface area contributed by atoms with E-state index in [9.17, 15) is 18.0 Å². The van der Waals surface area contributed by atoms with Crippen LogP contribution in [-0.2, 0) is 6.18 Å². The molecule has 1 aliphatic rings. The molecule has 3 rings (SSSR count). The predicted molar refractivity (Wildman–Crippen MR) is 77.3 cm³/mol. The number of aromatic amines is 2. The zero-order valence-corrected chi connectivity index (χ0v) is 12.7. The maximum atomic E-state index is 12.6. The molecule has 0 aromatic carbocycles. The third kappa shape index (κ3) is 3.36. The molecule has 2 aromatic rings. The summed E-state index contributed by atoms with van der Waals surface area (Å²) in [6.45, 7) is 0.904. The van der Waals surface area contributed by atoms with Gasteiger partial charge in [0.2, 0.25) is 0 Å². The van der Waals surface area contributed by atoms with Crippen LogP contribution in [0.1, 0.15) is 40.6 Å². The summed E-state index contributed by atoms with van der Waals surface area (Å²) in [6.07, 6.45) is -1.54. The quantitative estimate of drug-likeness (QED) is 0.875. The molecule has 0 bridgehead atoms. The second kappa shape index (κ2) is 5.92. The van der Waals surface area contributed by atoms with Gasteiger partial charge in [-0.15, -0.1) is 0 Å². The summed E-state index contributed by atoms with van der Waals surface area (Å²) in [5.41, 5.74) is -0.164. The molecule has 2 N–H and O–H groups in total. The average molecular weight is 347 g/mol. The zero-order chi connectivity index (χ0) is 16.6. The lowest BCUT2D eigenvalue weighted by molar-refractivity contribution is -0.141. The summed E-state index contributed by atoms with van der Waals surface area (Å²) in [6, 6.07) is 2.55. The molecule has 0 aliphatic carbocycles. The van der Waals surface area contributed by atoms with Gasteiger partial charge in [-0.05, 0) is 25.0 Å². The van der Waals surface area contributed by atoms with Crippen molar-refractivity contribution in [3.63, 3.8) is 0 Å². The topological polar surface area (TPSA) is 64.8 Å². The van der Waals surface area contributed by atoms with Crippen LogP contribution in [0.2, 0.25) is 5.02 Å². The Balaban J connectivity index is 1.73. The minimum Gasteiger partial charge on any atom is -0.356 e. The monoisotopic (exact) mass is 346 g/mol. The number of H-pyrrole nitrogens is 2. The fraction of sp³-hybridized carbons (Fsp3) is 0.429. The normalized spacial score (nSPS) is 19.1. The predicted octanol–water partition coefficient (Wildman–Crippen LogP) is 3.43. The number of amides is 1. The van der Waals surface area contributed by atoms with Crippen LogP contribution in [-0.4, -0.2) is 39.1 Å². The van der Waals surface area contributed by atoms with Crippen molar-refractivity contribution < 1.29 is 18.0 Å².